The van der Waals surface area contributed by atoms with Gasteiger partial charge in [-0.25, -0.2) is 9.97 Å². The largest absolute Gasteiger partial charge is 0.356 e. The van der Waals surface area contributed by atoms with Crippen LogP contribution in [0.3, 0.4) is 0 Å². The van der Waals surface area contributed by atoms with Gasteiger partial charge in [-0.1, -0.05) is 30.7 Å². The Kier molecular flexibility index (Phi) is 3.95. The van der Waals surface area contributed by atoms with Crippen molar-refractivity contribution in [2.45, 2.75) is 19.8 Å². The highest BCUT2D eigenvalue weighted by Gasteiger charge is 2.21. The summed E-state index contributed by atoms with van der Waals surface area (Å²) in [5, 5.41) is 3.83. The highest BCUT2D eigenvalue weighted by molar-refractivity contribution is 7.14. The molecule has 1 aliphatic rings. The summed E-state index contributed by atoms with van der Waals surface area (Å²) in [7, 11) is 0. The molecule has 0 atom stereocenters. The molecule has 0 radical (unpaired) electrons. The average molecular weight is 344 g/mol. The second-order valence-electron chi connectivity index (χ2n) is 6.16. The van der Waals surface area contributed by atoms with E-state index in [1.165, 1.54) is 12.8 Å². The van der Waals surface area contributed by atoms with Crippen molar-refractivity contribution in [1.29, 1.82) is 0 Å². The molecule has 2 aromatic heterocycles. The Balaban J connectivity index is 1.86. The van der Waals surface area contributed by atoms with E-state index in [0.29, 0.717) is 0 Å². The van der Waals surface area contributed by atoms with Crippen molar-refractivity contribution in [2.24, 2.45) is 5.92 Å². The first kappa shape index (κ1) is 14.9. The van der Waals surface area contributed by atoms with E-state index in [2.05, 4.69) is 30.0 Å². The van der Waals surface area contributed by atoms with E-state index in [1.807, 2.05) is 17.5 Å². The van der Waals surface area contributed by atoms with Gasteiger partial charge in [-0.05, 0) is 42.3 Å². The number of halogens is 1. The van der Waals surface area contributed by atoms with Crippen LogP contribution < -0.4 is 4.90 Å². The molecule has 23 heavy (non-hydrogen) atoms. The fourth-order valence-corrected chi connectivity index (χ4v) is 4.15. The van der Waals surface area contributed by atoms with Crippen LogP contribution in [0.5, 0.6) is 0 Å². The maximum absolute atomic E-state index is 6.30. The van der Waals surface area contributed by atoms with Crippen LogP contribution in [-0.4, -0.2) is 23.1 Å². The summed E-state index contributed by atoms with van der Waals surface area (Å²) in [4.78, 5) is 13.0. The second-order valence-corrected chi connectivity index (χ2v) is 7.48. The Morgan fingerprint density at radius 1 is 1.13 bits per heavy atom. The van der Waals surface area contributed by atoms with Gasteiger partial charge in [0.25, 0.3) is 0 Å². The molecule has 4 rings (SSSR count). The Labute approximate surface area is 144 Å². The second kappa shape index (κ2) is 6.10. The van der Waals surface area contributed by atoms with Gasteiger partial charge in [0.1, 0.15) is 5.82 Å². The third-order valence-corrected chi connectivity index (χ3v) is 5.82. The number of hydrogen-bond acceptors (Lipinski definition) is 4. The summed E-state index contributed by atoms with van der Waals surface area (Å²) in [6, 6.07) is 10.2. The highest BCUT2D eigenvalue weighted by Crippen LogP contribution is 2.35. The van der Waals surface area contributed by atoms with Crippen LogP contribution in [0.1, 0.15) is 19.8 Å². The normalized spacial score (nSPS) is 16.2. The van der Waals surface area contributed by atoms with E-state index in [9.17, 15) is 0 Å². The summed E-state index contributed by atoms with van der Waals surface area (Å²) < 4.78 is 0. The number of fused-ring (bicyclic) bond motifs is 1. The van der Waals surface area contributed by atoms with Gasteiger partial charge in [0, 0.05) is 18.5 Å². The zero-order valence-electron chi connectivity index (χ0n) is 13.0. The molecule has 0 N–H and O–H groups in total. The molecule has 0 spiro atoms. The van der Waals surface area contributed by atoms with Gasteiger partial charge in [0.2, 0.25) is 0 Å². The number of hydrogen-bond donors (Lipinski definition) is 0. The number of aromatic nitrogens is 2. The van der Waals surface area contributed by atoms with Crippen LogP contribution in [0, 0.1) is 5.92 Å². The number of benzene rings is 1. The summed E-state index contributed by atoms with van der Waals surface area (Å²) in [5.41, 5.74) is 0.982. The predicted molar refractivity (Wildman–Crippen MR) is 98.5 cm³/mol. The molecular weight excluding hydrogens is 326 g/mol. The lowest BCUT2D eigenvalue weighted by Gasteiger charge is -2.32. The number of thiophene rings is 1. The average Bonchev–Trinajstić information content (AvgIpc) is 3.01. The van der Waals surface area contributed by atoms with Crippen molar-refractivity contribution < 1.29 is 0 Å². The van der Waals surface area contributed by atoms with Crippen LogP contribution in [0.4, 0.5) is 5.82 Å². The van der Waals surface area contributed by atoms with Crippen LogP contribution in [0.15, 0.2) is 35.7 Å². The topological polar surface area (TPSA) is 29.0 Å². The molecule has 0 amide bonds. The Hall–Kier alpha value is -1.65. The first-order valence-electron chi connectivity index (χ1n) is 7.97. The molecule has 118 valence electrons. The minimum atomic E-state index is 0.725. The first-order chi connectivity index (χ1) is 11.2. The molecule has 1 saturated heterocycles. The lowest BCUT2D eigenvalue weighted by atomic mass is 9.99. The van der Waals surface area contributed by atoms with Gasteiger partial charge >= 0.3 is 0 Å². The molecule has 5 heteroatoms. The molecule has 0 saturated carbocycles. The molecule has 1 aliphatic heterocycles. The van der Waals surface area contributed by atoms with E-state index < -0.39 is 0 Å². The van der Waals surface area contributed by atoms with Gasteiger partial charge < -0.3 is 4.90 Å². The Morgan fingerprint density at radius 2 is 1.91 bits per heavy atom. The molecule has 0 aliphatic carbocycles. The van der Waals surface area contributed by atoms with Gasteiger partial charge in [0.05, 0.1) is 15.4 Å². The number of anilines is 1. The van der Waals surface area contributed by atoms with Gasteiger partial charge in [0.15, 0.2) is 5.82 Å². The molecule has 1 aromatic carbocycles. The zero-order chi connectivity index (χ0) is 15.8. The van der Waals surface area contributed by atoms with E-state index in [4.69, 9.17) is 21.6 Å². The van der Waals surface area contributed by atoms with Crippen molar-refractivity contribution in [2.75, 3.05) is 18.0 Å². The van der Waals surface area contributed by atoms with Gasteiger partial charge in [-0.15, -0.1) is 11.3 Å². The highest BCUT2D eigenvalue weighted by atomic mass is 35.5. The van der Waals surface area contributed by atoms with Crippen LogP contribution in [-0.2, 0) is 0 Å². The summed E-state index contributed by atoms with van der Waals surface area (Å²) in [5.74, 6) is 2.57. The van der Waals surface area contributed by atoms with Crippen LogP contribution in [0.2, 0.25) is 5.02 Å². The maximum Gasteiger partial charge on any atom is 0.173 e. The predicted octanol–water partition coefficient (Wildman–Crippen LogP) is 5.25. The number of rotatable bonds is 2. The van der Waals surface area contributed by atoms with Crippen molar-refractivity contribution in [1.82, 2.24) is 9.97 Å². The van der Waals surface area contributed by atoms with E-state index in [-0.39, 0.29) is 0 Å². The lowest BCUT2D eigenvalue weighted by molar-refractivity contribution is 0.437. The minimum absolute atomic E-state index is 0.725. The van der Waals surface area contributed by atoms with Crippen LogP contribution >= 0.6 is 22.9 Å². The van der Waals surface area contributed by atoms with Gasteiger partial charge in [-0.2, -0.15) is 0 Å². The summed E-state index contributed by atoms with van der Waals surface area (Å²) in [6.45, 7) is 4.44. The van der Waals surface area contributed by atoms with E-state index in [1.54, 1.807) is 11.3 Å². The Morgan fingerprint density at radius 3 is 2.65 bits per heavy atom. The third kappa shape index (κ3) is 2.81. The SMILES string of the molecule is CC1CCN(c2nc(-c3sccc3Cl)nc3ccccc23)CC1. The van der Waals surface area contributed by atoms with Crippen LogP contribution in [0.25, 0.3) is 21.6 Å². The Bertz CT molecular complexity index is 837. The molecule has 3 aromatic rings. The quantitative estimate of drug-likeness (QED) is 0.636. The van der Waals surface area contributed by atoms with Crippen molar-refractivity contribution in [3.63, 3.8) is 0 Å². The smallest absolute Gasteiger partial charge is 0.173 e. The number of para-hydroxylation sites is 1. The van der Waals surface area contributed by atoms with E-state index in [0.717, 1.165) is 51.5 Å². The number of nitrogens with zero attached hydrogens (tertiary/aromatic N) is 3. The monoisotopic (exact) mass is 343 g/mol. The molecule has 0 unspecified atom stereocenters. The van der Waals surface area contributed by atoms with Crippen molar-refractivity contribution >= 4 is 39.7 Å². The molecular formula is C18H18ClN3S. The molecule has 1 fully saturated rings. The van der Waals surface area contributed by atoms with Crippen molar-refractivity contribution in [3.05, 3.63) is 40.7 Å². The lowest BCUT2D eigenvalue weighted by Crippen LogP contribution is -2.33. The summed E-state index contributed by atoms with van der Waals surface area (Å²) >= 11 is 7.89. The fourth-order valence-electron chi connectivity index (χ4n) is 3.08. The van der Waals surface area contributed by atoms with Crippen molar-refractivity contribution in [3.8, 4) is 10.7 Å². The first-order valence-corrected chi connectivity index (χ1v) is 9.23. The third-order valence-electron chi connectivity index (χ3n) is 4.49. The fraction of sp³-hybridized carbons (Fsp3) is 0.333. The molecule has 0 bridgehead atoms. The molecule has 3 heterocycles. The van der Waals surface area contributed by atoms with E-state index >= 15 is 0 Å². The zero-order valence-corrected chi connectivity index (χ0v) is 14.6. The summed E-state index contributed by atoms with van der Waals surface area (Å²) in [6.07, 6.45) is 2.43. The maximum atomic E-state index is 6.30. The minimum Gasteiger partial charge on any atom is -0.356 e. The number of piperidine rings is 1. The standard InChI is InChI=1S/C18H18ClN3S/c1-12-6-9-22(10-7-12)18-13-4-2-3-5-15(13)20-17(21-18)16-14(19)8-11-23-16/h2-5,8,11-12H,6-7,9-10H2,1H3. The molecule has 3 nitrogen and oxygen atoms in total. The van der Waals surface area contributed by atoms with Gasteiger partial charge in [-0.3, -0.25) is 0 Å².